The van der Waals surface area contributed by atoms with E-state index < -0.39 is 0 Å². The van der Waals surface area contributed by atoms with E-state index in [0.29, 0.717) is 12.6 Å². The van der Waals surface area contributed by atoms with E-state index in [1.807, 2.05) is 13.8 Å². The monoisotopic (exact) mass is 215 g/mol. The summed E-state index contributed by atoms with van der Waals surface area (Å²) in [5.74, 6) is -0.146. The van der Waals surface area contributed by atoms with Gasteiger partial charge in [0.2, 0.25) is 0 Å². The normalized spacial score (nSPS) is 14.7. The highest BCUT2D eigenvalue weighted by molar-refractivity contribution is 5.72. The van der Waals surface area contributed by atoms with Crippen LogP contribution in [0, 0.1) is 5.92 Å². The molecule has 0 amide bonds. The summed E-state index contributed by atoms with van der Waals surface area (Å²) >= 11 is 0. The maximum absolute atomic E-state index is 11.3. The number of carbonyl (C=O) groups is 1. The lowest BCUT2D eigenvalue weighted by molar-refractivity contribution is -0.147. The van der Waals surface area contributed by atoms with Crippen molar-refractivity contribution in [2.45, 2.75) is 53.0 Å². The van der Waals surface area contributed by atoms with Crippen LogP contribution in [0.2, 0.25) is 0 Å². The average molecular weight is 215 g/mol. The molecule has 0 rings (SSSR count). The molecule has 3 heteroatoms. The number of rotatable bonds is 8. The molecule has 0 aliphatic carbocycles. The van der Waals surface area contributed by atoms with Crippen LogP contribution >= 0.6 is 0 Å². The standard InChI is InChI=1S/C12H25NO2/c1-5-8-11(6-2)13-9-10(4)12(14)15-7-3/h10-11,13H,5-9H2,1-4H3. The molecule has 0 aliphatic heterocycles. The first-order chi connectivity index (χ1) is 7.15. The van der Waals surface area contributed by atoms with Gasteiger partial charge in [0.1, 0.15) is 0 Å². The van der Waals surface area contributed by atoms with Gasteiger partial charge in [0.15, 0.2) is 0 Å². The topological polar surface area (TPSA) is 38.3 Å². The predicted molar refractivity (Wildman–Crippen MR) is 62.8 cm³/mol. The van der Waals surface area contributed by atoms with Crippen LogP contribution in [0.25, 0.3) is 0 Å². The molecule has 0 aromatic heterocycles. The minimum atomic E-state index is -0.101. The van der Waals surface area contributed by atoms with E-state index in [9.17, 15) is 4.79 Å². The molecule has 0 aromatic rings. The fraction of sp³-hybridized carbons (Fsp3) is 0.917. The SMILES string of the molecule is CCCC(CC)NCC(C)C(=O)OCC. The van der Waals surface area contributed by atoms with Crippen molar-refractivity contribution in [3.8, 4) is 0 Å². The number of ether oxygens (including phenoxy) is 1. The number of hydrogen-bond donors (Lipinski definition) is 1. The second-order valence-corrected chi connectivity index (χ2v) is 3.96. The molecule has 0 radical (unpaired) electrons. The highest BCUT2D eigenvalue weighted by atomic mass is 16.5. The molecule has 0 aromatic carbocycles. The van der Waals surface area contributed by atoms with Crippen molar-refractivity contribution in [2.75, 3.05) is 13.2 Å². The van der Waals surface area contributed by atoms with Crippen molar-refractivity contribution >= 4 is 5.97 Å². The van der Waals surface area contributed by atoms with Crippen molar-refractivity contribution in [1.82, 2.24) is 5.32 Å². The molecule has 0 saturated carbocycles. The second kappa shape index (κ2) is 8.72. The van der Waals surface area contributed by atoms with Gasteiger partial charge in [-0.15, -0.1) is 0 Å². The van der Waals surface area contributed by atoms with E-state index in [2.05, 4.69) is 19.2 Å². The molecule has 0 heterocycles. The first kappa shape index (κ1) is 14.4. The van der Waals surface area contributed by atoms with Crippen molar-refractivity contribution in [1.29, 1.82) is 0 Å². The number of carbonyl (C=O) groups excluding carboxylic acids is 1. The summed E-state index contributed by atoms with van der Waals surface area (Å²) < 4.78 is 4.95. The highest BCUT2D eigenvalue weighted by Crippen LogP contribution is 2.03. The van der Waals surface area contributed by atoms with Gasteiger partial charge in [-0.25, -0.2) is 0 Å². The summed E-state index contributed by atoms with van der Waals surface area (Å²) in [6.07, 6.45) is 3.47. The third kappa shape index (κ3) is 6.50. The fourth-order valence-corrected chi connectivity index (χ4v) is 1.51. The number of nitrogens with one attached hydrogen (secondary N) is 1. The van der Waals surface area contributed by atoms with Crippen molar-refractivity contribution in [3.63, 3.8) is 0 Å². The van der Waals surface area contributed by atoms with Gasteiger partial charge in [-0.1, -0.05) is 27.2 Å². The van der Waals surface area contributed by atoms with Crippen LogP contribution in [0.3, 0.4) is 0 Å². The van der Waals surface area contributed by atoms with E-state index in [4.69, 9.17) is 4.74 Å². The third-order valence-electron chi connectivity index (χ3n) is 2.53. The molecule has 0 fully saturated rings. The first-order valence-electron chi connectivity index (χ1n) is 6.05. The van der Waals surface area contributed by atoms with Gasteiger partial charge in [-0.05, 0) is 19.8 Å². The number of esters is 1. The Morgan fingerprint density at radius 2 is 2.00 bits per heavy atom. The molecule has 15 heavy (non-hydrogen) atoms. The van der Waals surface area contributed by atoms with Crippen molar-refractivity contribution in [3.05, 3.63) is 0 Å². The zero-order chi connectivity index (χ0) is 11.7. The predicted octanol–water partition coefficient (Wildman–Crippen LogP) is 2.35. The summed E-state index contributed by atoms with van der Waals surface area (Å²) in [5, 5.41) is 3.41. The average Bonchev–Trinajstić information content (AvgIpc) is 2.24. The first-order valence-corrected chi connectivity index (χ1v) is 6.05. The zero-order valence-corrected chi connectivity index (χ0v) is 10.5. The molecule has 0 spiro atoms. The molecule has 0 aliphatic rings. The molecule has 2 unspecified atom stereocenters. The zero-order valence-electron chi connectivity index (χ0n) is 10.5. The molecule has 0 saturated heterocycles. The Bertz CT molecular complexity index is 171. The highest BCUT2D eigenvalue weighted by Gasteiger charge is 2.15. The van der Waals surface area contributed by atoms with Crippen LogP contribution in [0.4, 0.5) is 0 Å². The van der Waals surface area contributed by atoms with Crippen LogP contribution < -0.4 is 5.32 Å². The third-order valence-corrected chi connectivity index (χ3v) is 2.53. The Labute approximate surface area is 93.6 Å². The van der Waals surface area contributed by atoms with Gasteiger partial charge in [0.25, 0.3) is 0 Å². The molecule has 2 atom stereocenters. The van der Waals surface area contributed by atoms with E-state index in [0.717, 1.165) is 13.0 Å². The van der Waals surface area contributed by atoms with Gasteiger partial charge in [-0.2, -0.15) is 0 Å². The minimum Gasteiger partial charge on any atom is -0.466 e. The van der Waals surface area contributed by atoms with Gasteiger partial charge in [0.05, 0.1) is 12.5 Å². The molecule has 3 nitrogen and oxygen atoms in total. The molecular weight excluding hydrogens is 190 g/mol. The summed E-state index contributed by atoms with van der Waals surface area (Å²) in [4.78, 5) is 11.3. The van der Waals surface area contributed by atoms with E-state index in [1.165, 1.54) is 12.8 Å². The molecular formula is C12H25NO2. The summed E-state index contributed by atoms with van der Waals surface area (Å²) in [6, 6.07) is 0.534. The summed E-state index contributed by atoms with van der Waals surface area (Å²) in [7, 11) is 0. The van der Waals surface area contributed by atoms with Crippen LogP contribution in [-0.2, 0) is 9.53 Å². The second-order valence-electron chi connectivity index (χ2n) is 3.96. The molecule has 90 valence electrons. The largest absolute Gasteiger partial charge is 0.466 e. The molecule has 1 N–H and O–H groups in total. The van der Waals surface area contributed by atoms with E-state index in [-0.39, 0.29) is 11.9 Å². The van der Waals surface area contributed by atoms with E-state index >= 15 is 0 Å². The van der Waals surface area contributed by atoms with Crippen molar-refractivity contribution in [2.24, 2.45) is 5.92 Å². The lowest BCUT2D eigenvalue weighted by Crippen LogP contribution is -2.35. The molecule has 0 bridgehead atoms. The number of hydrogen-bond acceptors (Lipinski definition) is 3. The Kier molecular flexibility index (Phi) is 8.38. The smallest absolute Gasteiger partial charge is 0.309 e. The maximum Gasteiger partial charge on any atom is 0.309 e. The summed E-state index contributed by atoms with van der Waals surface area (Å²) in [5.41, 5.74) is 0. The lowest BCUT2D eigenvalue weighted by Gasteiger charge is -2.18. The Morgan fingerprint density at radius 1 is 1.33 bits per heavy atom. The Balaban J connectivity index is 3.76. The quantitative estimate of drug-likeness (QED) is 0.632. The van der Waals surface area contributed by atoms with Crippen LogP contribution in [0.1, 0.15) is 47.0 Å². The van der Waals surface area contributed by atoms with Gasteiger partial charge >= 0.3 is 5.97 Å². The van der Waals surface area contributed by atoms with Gasteiger partial charge < -0.3 is 10.1 Å². The Morgan fingerprint density at radius 3 is 2.47 bits per heavy atom. The summed E-state index contributed by atoms with van der Waals surface area (Å²) in [6.45, 7) is 9.28. The Hall–Kier alpha value is -0.570. The van der Waals surface area contributed by atoms with E-state index in [1.54, 1.807) is 0 Å². The van der Waals surface area contributed by atoms with Crippen LogP contribution in [0.5, 0.6) is 0 Å². The minimum absolute atomic E-state index is 0.0455. The lowest BCUT2D eigenvalue weighted by atomic mass is 10.1. The van der Waals surface area contributed by atoms with Crippen molar-refractivity contribution < 1.29 is 9.53 Å². The van der Waals surface area contributed by atoms with Crippen LogP contribution in [0.15, 0.2) is 0 Å². The van der Waals surface area contributed by atoms with Crippen LogP contribution in [-0.4, -0.2) is 25.2 Å². The van der Waals surface area contributed by atoms with Gasteiger partial charge in [-0.3, -0.25) is 4.79 Å². The van der Waals surface area contributed by atoms with Gasteiger partial charge in [0, 0.05) is 12.6 Å². The maximum atomic E-state index is 11.3. The fourth-order valence-electron chi connectivity index (χ4n) is 1.51.